The Bertz CT molecular complexity index is 2140. The van der Waals surface area contributed by atoms with Gasteiger partial charge in [0.2, 0.25) is 0 Å². The second-order valence-electron chi connectivity index (χ2n) is 14.3. The SMILES string of the molecule is Cc1c(C(=O)O)c(C)n(C(C(N)=O)N2CCCC2)c1C=C1C(=O)Nc2c(Nc3cccc(NC(=O)c4ccc(CN5CCN(C)CC5)cc4)c3)cccc21. The fourth-order valence-corrected chi connectivity index (χ4v) is 7.80. The molecule has 0 saturated carbocycles. The summed E-state index contributed by atoms with van der Waals surface area (Å²) in [7, 11) is 2.14. The minimum Gasteiger partial charge on any atom is -0.478 e. The van der Waals surface area contributed by atoms with Gasteiger partial charge in [-0.1, -0.05) is 30.3 Å². The molecular formula is C41H46N8O5. The van der Waals surface area contributed by atoms with Crippen LogP contribution in [0.25, 0.3) is 11.6 Å². The first-order chi connectivity index (χ1) is 26.0. The summed E-state index contributed by atoms with van der Waals surface area (Å²) in [4.78, 5) is 58.8. The van der Waals surface area contributed by atoms with Crippen LogP contribution in [0.3, 0.4) is 0 Å². The van der Waals surface area contributed by atoms with Gasteiger partial charge < -0.3 is 36.3 Å². The maximum absolute atomic E-state index is 13.6. The number of benzene rings is 3. The maximum Gasteiger partial charge on any atom is 0.337 e. The summed E-state index contributed by atoms with van der Waals surface area (Å²) in [5, 5.41) is 19.5. The van der Waals surface area contributed by atoms with Gasteiger partial charge in [-0.25, -0.2) is 4.79 Å². The fraction of sp³-hybridized carbons (Fsp3) is 0.317. The number of nitrogens with two attached hydrogens (primary N) is 1. The summed E-state index contributed by atoms with van der Waals surface area (Å²) in [6, 6.07) is 20.5. The molecule has 3 aliphatic heterocycles. The lowest BCUT2D eigenvalue weighted by Crippen LogP contribution is -2.43. The van der Waals surface area contributed by atoms with Crippen molar-refractivity contribution in [2.24, 2.45) is 5.73 Å². The third kappa shape index (κ3) is 7.38. The van der Waals surface area contributed by atoms with Crippen molar-refractivity contribution in [3.05, 3.63) is 106 Å². The van der Waals surface area contributed by atoms with E-state index in [1.54, 1.807) is 24.5 Å². The van der Waals surface area contributed by atoms with Gasteiger partial charge in [0.05, 0.1) is 22.5 Å². The highest BCUT2D eigenvalue weighted by molar-refractivity contribution is 6.36. The number of carbonyl (C=O) groups excluding carboxylic acids is 3. The number of carboxylic acids is 1. The average Bonchev–Trinajstić information content (AvgIpc) is 3.84. The molecule has 4 heterocycles. The minimum atomic E-state index is -1.12. The smallest absolute Gasteiger partial charge is 0.337 e. The normalized spacial score (nSPS) is 17.7. The van der Waals surface area contributed by atoms with Crippen molar-refractivity contribution in [1.82, 2.24) is 19.3 Å². The van der Waals surface area contributed by atoms with E-state index in [2.05, 4.69) is 32.8 Å². The van der Waals surface area contributed by atoms with Gasteiger partial charge in [-0.2, -0.15) is 0 Å². The number of amides is 3. The van der Waals surface area contributed by atoms with Crippen LogP contribution in [0.2, 0.25) is 0 Å². The molecule has 1 unspecified atom stereocenters. The second-order valence-corrected chi connectivity index (χ2v) is 14.3. The summed E-state index contributed by atoms with van der Waals surface area (Å²) in [6.07, 6.45) is 2.55. The molecule has 0 radical (unpaired) electrons. The zero-order chi connectivity index (χ0) is 38.1. The number of fused-ring (bicyclic) bond motifs is 1. The standard InChI is InChI=1S/C41H46N8O5/c1-25-34(49(26(2)35(25)41(53)54)40(37(42)50)48-16-4-5-17-48)23-32-31-10-7-11-33(36(31)45-39(32)52)43-29-8-6-9-30(22-29)44-38(51)28-14-12-27(13-15-28)24-47-20-18-46(3)19-21-47/h6-15,22-23,40,43H,4-5,16-21,24H2,1-3H3,(H2,42,50)(H,44,51)(H,45,52)(H,53,54). The van der Waals surface area contributed by atoms with Gasteiger partial charge in [0, 0.05) is 79.7 Å². The number of piperazine rings is 1. The molecule has 1 atom stereocenters. The van der Waals surface area contributed by atoms with E-state index in [4.69, 9.17) is 5.73 Å². The van der Waals surface area contributed by atoms with Crippen molar-refractivity contribution < 1.29 is 24.3 Å². The van der Waals surface area contributed by atoms with Gasteiger partial charge in [-0.15, -0.1) is 0 Å². The Morgan fingerprint density at radius 3 is 2.30 bits per heavy atom. The molecule has 3 aliphatic rings. The first-order valence-corrected chi connectivity index (χ1v) is 18.3. The number of nitrogens with one attached hydrogen (secondary N) is 3. The Kier molecular flexibility index (Phi) is 10.4. The van der Waals surface area contributed by atoms with E-state index < -0.39 is 18.0 Å². The Morgan fingerprint density at radius 1 is 0.926 bits per heavy atom. The molecule has 54 heavy (non-hydrogen) atoms. The molecule has 7 rings (SSSR count). The number of likely N-dealkylation sites (tertiary alicyclic amines) is 1. The second kappa shape index (κ2) is 15.3. The summed E-state index contributed by atoms with van der Waals surface area (Å²) < 4.78 is 1.66. The molecule has 2 fully saturated rings. The molecule has 3 amide bonds. The number of hydrogen-bond acceptors (Lipinski definition) is 8. The van der Waals surface area contributed by atoms with Crippen molar-refractivity contribution in [2.75, 3.05) is 62.3 Å². The average molecular weight is 731 g/mol. The van der Waals surface area contributed by atoms with Crippen LogP contribution in [0.1, 0.15) is 67.8 Å². The number of primary amides is 1. The van der Waals surface area contributed by atoms with Gasteiger partial charge in [-0.3, -0.25) is 24.2 Å². The van der Waals surface area contributed by atoms with Gasteiger partial charge >= 0.3 is 5.97 Å². The number of carbonyl (C=O) groups is 4. The van der Waals surface area contributed by atoms with Crippen molar-refractivity contribution >= 4 is 58.1 Å². The van der Waals surface area contributed by atoms with Crippen LogP contribution < -0.4 is 21.7 Å². The molecule has 3 aromatic carbocycles. The van der Waals surface area contributed by atoms with E-state index in [9.17, 15) is 24.3 Å². The van der Waals surface area contributed by atoms with E-state index >= 15 is 0 Å². The third-order valence-corrected chi connectivity index (χ3v) is 10.7. The molecule has 1 aromatic heterocycles. The van der Waals surface area contributed by atoms with Crippen LogP contribution in [0.4, 0.5) is 22.7 Å². The first-order valence-electron chi connectivity index (χ1n) is 18.3. The van der Waals surface area contributed by atoms with Crippen LogP contribution in [-0.4, -0.2) is 94.4 Å². The molecule has 280 valence electrons. The number of para-hydroxylation sites is 1. The number of nitrogens with zero attached hydrogens (tertiary/aromatic N) is 4. The Morgan fingerprint density at radius 2 is 1.61 bits per heavy atom. The fourth-order valence-electron chi connectivity index (χ4n) is 7.80. The number of aromatic carboxylic acids is 1. The number of likely N-dealkylation sites (N-methyl/N-ethyl adjacent to an activating group) is 1. The molecule has 6 N–H and O–H groups in total. The highest BCUT2D eigenvalue weighted by atomic mass is 16.4. The highest BCUT2D eigenvalue weighted by Crippen LogP contribution is 2.41. The van der Waals surface area contributed by atoms with E-state index in [-0.39, 0.29) is 17.4 Å². The van der Waals surface area contributed by atoms with Crippen molar-refractivity contribution in [1.29, 1.82) is 0 Å². The van der Waals surface area contributed by atoms with Crippen molar-refractivity contribution in [3.63, 3.8) is 0 Å². The van der Waals surface area contributed by atoms with Gasteiger partial charge in [0.15, 0.2) is 6.17 Å². The highest BCUT2D eigenvalue weighted by Gasteiger charge is 2.35. The lowest BCUT2D eigenvalue weighted by Gasteiger charge is -2.32. The zero-order valence-electron chi connectivity index (χ0n) is 30.8. The third-order valence-electron chi connectivity index (χ3n) is 10.7. The number of rotatable bonds is 11. The molecule has 0 bridgehead atoms. The molecule has 13 heteroatoms. The number of anilines is 4. The van der Waals surface area contributed by atoms with E-state index in [0.29, 0.717) is 69.5 Å². The molecule has 4 aromatic rings. The van der Waals surface area contributed by atoms with Crippen LogP contribution in [0.15, 0.2) is 66.7 Å². The van der Waals surface area contributed by atoms with E-state index in [0.717, 1.165) is 45.6 Å². The summed E-state index contributed by atoms with van der Waals surface area (Å²) in [5.41, 5.74) is 12.4. The van der Waals surface area contributed by atoms with Crippen LogP contribution in [0.5, 0.6) is 0 Å². The van der Waals surface area contributed by atoms with Crippen molar-refractivity contribution in [2.45, 2.75) is 39.4 Å². The molecule has 2 saturated heterocycles. The Labute approximate surface area is 314 Å². The predicted octanol–water partition coefficient (Wildman–Crippen LogP) is 5.12. The van der Waals surface area contributed by atoms with Crippen LogP contribution in [-0.2, 0) is 16.1 Å². The summed E-state index contributed by atoms with van der Waals surface area (Å²) in [6.45, 7) is 9.67. The zero-order valence-corrected chi connectivity index (χ0v) is 30.8. The summed E-state index contributed by atoms with van der Waals surface area (Å²) in [5.74, 6) is -2.30. The lowest BCUT2D eigenvalue weighted by molar-refractivity contribution is -0.126. The maximum atomic E-state index is 13.6. The minimum absolute atomic E-state index is 0.0755. The molecule has 13 nitrogen and oxygen atoms in total. The topological polar surface area (TPSA) is 165 Å². The Balaban J connectivity index is 1.11. The van der Waals surface area contributed by atoms with Crippen molar-refractivity contribution in [3.8, 4) is 0 Å². The number of aromatic nitrogens is 1. The van der Waals surface area contributed by atoms with E-state index in [1.165, 1.54) is 5.56 Å². The van der Waals surface area contributed by atoms with E-state index in [1.807, 2.05) is 71.6 Å². The molecule has 0 spiro atoms. The van der Waals surface area contributed by atoms with Crippen LogP contribution >= 0.6 is 0 Å². The first kappa shape index (κ1) is 36.6. The number of hydrogen-bond donors (Lipinski definition) is 5. The largest absolute Gasteiger partial charge is 0.478 e. The quantitative estimate of drug-likeness (QED) is 0.132. The molecular weight excluding hydrogens is 685 g/mol. The monoisotopic (exact) mass is 730 g/mol. The number of carboxylic acid groups (broad SMARTS) is 1. The Hall–Kier alpha value is -5.76. The molecule has 0 aliphatic carbocycles. The summed E-state index contributed by atoms with van der Waals surface area (Å²) >= 11 is 0. The van der Waals surface area contributed by atoms with Crippen LogP contribution in [0, 0.1) is 13.8 Å². The van der Waals surface area contributed by atoms with Gasteiger partial charge in [0.1, 0.15) is 0 Å². The van der Waals surface area contributed by atoms with Gasteiger partial charge in [-0.05, 0) is 87.3 Å². The predicted molar refractivity (Wildman–Crippen MR) is 210 cm³/mol. The van der Waals surface area contributed by atoms with Gasteiger partial charge in [0.25, 0.3) is 17.7 Å². The lowest BCUT2D eigenvalue weighted by atomic mass is 10.0.